The zero-order chi connectivity index (χ0) is 24.7. The second-order valence-corrected chi connectivity index (χ2v) is 7.96. The number of methoxy groups -OCH3 is 1. The van der Waals surface area contributed by atoms with E-state index in [0.717, 1.165) is 22.3 Å². The fraction of sp³-hybridized carbons (Fsp3) is 0.259. The summed E-state index contributed by atoms with van der Waals surface area (Å²) >= 11 is 0. The van der Waals surface area contributed by atoms with Crippen LogP contribution in [0.3, 0.4) is 0 Å². The molecule has 0 saturated heterocycles. The number of halogens is 1. The first-order valence-corrected chi connectivity index (χ1v) is 11.0. The highest BCUT2D eigenvalue weighted by atomic mass is 19.1. The summed E-state index contributed by atoms with van der Waals surface area (Å²) in [6, 6.07) is 17.0. The molecule has 178 valence electrons. The molecule has 0 bridgehead atoms. The Morgan fingerprint density at radius 3 is 2.32 bits per heavy atom. The Hall–Kier alpha value is -3.87. The first kappa shape index (κ1) is 24.8. The van der Waals surface area contributed by atoms with Crippen molar-refractivity contribution in [3.63, 3.8) is 0 Å². The Balaban J connectivity index is 1.87. The largest absolute Gasteiger partial charge is 0.496 e. The van der Waals surface area contributed by atoms with Crippen LogP contribution in [0.15, 0.2) is 60.7 Å². The van der Waals surface area contributed by atoms with Gasteiger partial charge in [0.15, 0.2) is 0 Å². The van der Waals surface area contributed by atoms with E-state index in [-0.39, 0.29) is 18.8 Å². The molecule has 3 aromatic carbocycles. The molecule has 0 radical (unpaired) electrons. The lowest BCUT2D eigenvalue weighted by Gasteiger charge is -2.23. The van der Waals surface area contributed by atoms with Gasteiger partial charge in [0.1, 0.15) is 18.2 Å². The highest BCUT2D eigenvalue weighted by molar-refractivity contribution is 5.77. The summed E-state index contributed by atoms with van der Waals surface area (Å²) in [4.78, 5) is 25.6. The van der Waals surface area contributed by atoms with Crippen molar-refractivity contribution < 1.29 is 28.6 Å². The zero-order valence-corrected chi connectivity index (χ0v) is 19.5. The highest BCUT2D eigenvalue weighted by Gasteiger charge is 2.19. The SMILES string of the molecule is CCN(Cc1cc(C)ccc1-c1cc(CC(=O)O)ccc1OC)C(=O)OCc1ccc(F)cc1. The predicted molar refractivity (Wildman–Crippen MR) is 127 cm³/mol. The van der Waals surface area contributed by atoms with Crippen LogP contribution in [0.25, 0.3) is 11.1 Å². The number of ether oxygens (including phenoxy) is 2. The van der Waals surface area contributed by atoms with E-state index in [4.69, 9.17) is 9.47 Å². The van der Waals surface area contributed by atoms with E-state index in [2.05, 4.69) is 0 Å². The third-order valence-electron chi connectivity index (χ3n) is 5.45. The summed E-state index contributed by atoms with van der Waals surface area (Å²) in [5.74, 6) is -0.650. The van der Waals surface area contributed by atoms with Crippen molar-refractivity contribution in [3.8, 4) is 16.9 Å². The Morgan fingerprint density at radius 2 is 1.68 bits per heavy atom. The average molecular weight is 466 g/mol. The molecule has 0 saturated carbocycles. The number of carbonyl (C=O) groups is 2. The lowest BCUT2D eigenvalue weighted by molar-refractivity contribution is -0.136. The summed E-state index contributed by atoms with van der Waals surface area (Å²) in [5.41, 5.74) is 4.86. The van der Waals surface area contributed by atoms with Crippen molar-refractivity contribution in [2.45, 2.75) is 33.4 Å². The zero-order valence-electron chi connectivity index (χ0n) is 19.5. The Morgan fingerprint density at radius 1 is 0.971 bits per heavy atom. The topological polar surface area (TPSA) is 76.1 Å². The maximum Gasteiger partial charge on any atom is 0.410 e. The van der Waals surface area contributed by atoms with Crippen LogP contribution in [0.4, 0.5) is 9.18 Å². The Bertz CT molecular complexity index is 1160. The van der Waals surface area contributed by atoms with E-state index in [1.165, 1.54) is 12.1 Å². The quantitative estimate of drug-likeness (QED) is 0.445. The highest BCUT2D eigenvalue weighted by Crippen LogP contribution is 2.34. The third-order valence-corrected chi connectivity index (χ3v) is 5.45. The summed E-state index contributed by atoms with van der Waals surface area (Å²) in [7, 11) is 1.56. The van der Waals surface area contributed by atoms with Gasteiger partial charge in [-0.1, -0.05) is 42.0 Å². The molecule has 0 aliphatic heterocycles. The van der Waals surface area contributed by atoms with Crippen LogP contribution in [-0.4, -0.2) is 35.7 Å². The van der Waals surface area contributed by atoms with E-state index in [1.807, 2.05) is 38.1 Å². The van der Waals surface area contributed by atoms with Gasteiger partial charge in [0.05, 0.1) is 13.5 Å². The molecule has 7 heteroatoms. The Labute approximate surface area is 198 Å². The number of rotatable bonds is 9. The predicted octanol–water partition coefficient (Wildman–Crippen LogP) is 5.60. The van der Waals surface area contributed by atoms with Gasteiger partial charge in [0.25, 0.3) is 0 Å². The molecule has 3 aromatic rings. The second kappa shape index (κ2) is 11.3. The van der Waals surface area contributed by atoms with E-state index < -0.39 is 12.1 Å². The van der Waals surface area contributed by atoms with Crippen molar-refractivity contribution in [2.75, 3.05) is 13.7 Å². The van der Waals surface area contributed by atoms with Crippen molar-refractivity contribution >= 4 is 12.1 Å². The third kappa shape index (κ3) is 6.34. The molecule has 0 aliphatic rings. The second-order valence-electron chi connectivity index (χ2n) is 7.96. The summed E-state index contributed by atoms with van der Waals surface area (Å²) in [6.45, 7) is 4.59. The number of amides is 1. The first-order valence-electron chi connectivity index (χ1n) is 11.0. The van der Waals surface area contributed by atoms with Crippen LogP contribution < -0.4 is 4.74 Å². The minimum absolute atomic E-state index is 0.0430. The van der Waals surface area contributed by atoms with Gasteiger partial charge in [0, 0.05) is 18.7 Å². The number of hydrogen-bond donors (Lipinski definition) is 1. The van der Waals surface area contributed by atoms with Gasteiger partial charge in [-0.3, -0.25) is 4.79 Å². The first-order chi connectivity index (χ1) is 16.3. The van der Waals surface area contributed by atoms with E-state index in [1.54, 1.807) is 36.3 Å². The van der Waals surface area contributed by atoms with Crippen LogP contribution in [0.5, 0.6) is 5.75 Å². The summed E-state index contributed by atoms with van der Waals surface area (Å²) < 4.78 is 24.1. The monoisotopic (exact) mass is 465 g/mol. The fourth-order valence-corrected chi connectivity index (χ4v) is 3.69. The minimum Gasteiger partial charge on any atom is -0.496 e. The molecule has 0 fully saturated rings. The molecule has 3 rings (SSSR count). The molecule has 0 aliphatic carbocycles. The van der Waals surface area contributed by atoms with Crippen LogP contribution in [-0.2, 0) is 29.1 Å². The number of benzene rings is 3. The van der Waals surface area contributed by atoms with Gasteiger partial charge in [-0.2, -0.15) is 0 Å². The lowest BCUT2D eigenvalue weighted by Crippen LogP contribution is -2.31. The number of aliphatic carboxylic acids is 1. The molecular weight excluding hydrogens is 437 g/mol. The van der Waals surface area contributed by atoms with Crippen molar-refractivity contribution in [1.29, 1.82) is 0 Å². The Kier molecular flexibility index (Phi) is 8.24. The maximum atomic E-state index is 13.1. The molecule has 34 heavy (non-hydrogen) atoms. The van der Waals surface area contributed by atoms with Gasteiger partial charge in [0.2, 0.25) is 0 Å². The van der Waals surface area contributed by atoms with Crippen molar-refractivity contribution in [1.82, 2.24) is 4.90 Å². The lowest BCUT2D eigenvalue weighted by atomic mass is 9.94. The van der Waals surface area contributed by atoms with Gasteiger partial charge < -0.3 is 19.5 Å². The number of hydrogen-bond acceptors (Lipinski definition) is 4. The number of carboxylic acids is 1. The maximum absolute atomic E-state index is 13.1. The van der Waals surface area contributed by atoms with Crippen LogP contribution in [0, 0.1) is 12.7 Å². The smallest absolute Gasteiger partial charge is 0.410 e. The van der Waals surface area contributed by atoms with E-state index >= 15 is 0 Å². The molecular formula is C27H28FNO5. The molecule has 0 spiro atoms. The number of aryl methyl sites for hydroxylation is 1. The van der Waals surface area contributed by atoms with Gasteiger partial charge in [-0.05, 0) is 60.4 Å². The molecule has 0 heterocycles. The molecule has 1 N–H and O–H groups in total. The molecule has 0 unspecified atom stereocenters. The fourth-order valence-electron chi connectivity index (χ4n) is 3.69. The number of nitrogens with zero attached hydrogens (tertiary/aromatic N) is 1. The van der Waals surface area contributed by atoms with Crippen LogP contribution in [0.2, 0.25) is 0 Å². The number of carbonyl (C=O) groups excluding carboxylic acids is 1. The normalized spacial score (nSPS) is 10.6. The molecule has 1 amide bonds. The standard InChI is InChI=1S/C27H28FNO5/c1-4-29(27(32)34-17-19-6-9-22(28)10-7-19)16-21-13-18(2)5-11-23(21)24-14-20(15-26(30)31)8-12-25(24)33-3/h5-14H,4,15-17H2,1-3H3,(H,30,31). The summed E-state index contributed by atoms with van der Waals surface area (Å²) in [6.07, 6.45) is -0.583. The van der Waals surface area contributed by atoms with Crippen molar-refractivity contribution in [3.05, 3.63) is 88.7 Å². The van der Waals surface area contributed by atoms with Gasteiger partial charge >= 0.3 is 12.1 Å². The number of carboxylic acid groups (broad SMARTS) is 1. The average Bonchev–Trinajstić information content (AvgIpc) is 2.81. The summed E-state index contributed by atoms with van der Waals surface area (Å²) in [5, 5.41) is 9.20. The molecule has 0 atom stereocenters. The van der Waals surface area contributed by atoms with Gasteiger partial charge in [-0.15, -0.1) is 0 Å². The molecule has 6 nitrogen and oxygen atoms in total. The van der Waals surface area contributed by atoms with Crippen molar-refractivity contribution in [2.24, 2.45) is 0 Å². The van der Waals surface area contributed by atoms with E-state index in [0.29, 0.717) is 30.0 Å². The molecule has 0 aromatic heterocycles. The van der Waals surface area contributed by atoms with E-state index in [9.17, 15) is 19.1 Å². The van der Waals surface area contributed by atoms with Gasteiger partial charge in [-0.25, -0.2) is 9.18 Å². The van der Waals surface area contributed by atoms with Crippen LogP contribution >= 0.6 is 0 Å². The van der Waals surface area contributed by atoms with Crippen LogP contribution in [0.1, 0.15) is 29.2 Å². The minimum atomic E-state index is -0.915.